The lowest BCUT2D eigenvalue weighted by molar-refractivity contribution is 0.0780. The second kappa shape index (κ2) is 11.6. The summed E-state index contributed by atoms with van der Waals surface area (Å²) in [7, 11) is -2.14. The highest BCUT2D eigenvalue weighted by Crippen LogP contribution is 2.75. The van der Waals surface area contributed by atoms with Crippen LogP contribution in [0.25, 0.3) is 33.8 Å². The molecule has 0 radical (unpaired) electrons. The molecule has 6 fully saturated rings. The molecular weight excluding hydrogens is 675 g/mol. The zero-order valence-corrected chi connectivity index (χ0v) is 30.8. The first-order valence-corrected chi connectivity index (χ1v) is 20.7. The number of carbonyl (C=O) groups excluding carboxylic acids is 2. The summed E-state index contributed by atoms with van der Waals surface area (Å²) in [6.45, 7) is 4.43. The van der Waals surface area contributed by atoms with E-state index < -0.39 is 21.2 Å². The fourth-order valence-corrected chi connectivity index (χ4v) is 10.5. The van der Waals surface area contributed by atoms with E-state index in [0.29, 0.717) is 47.4 Å². The second-order valence-electron chi connectivity index (χ2n) is 16.3. The number of sulfonamides is 1. The molecular formula is C41H45N5O5S. The van der Waals surface area contributed by atoms with Gasteiger partial charge in [0.2, 0.25) is 10.0 Å². The lowest BCUT2D eigenvalue weighted by Crippen LogP contribution is -2.35. The smallest absolute Gasteiger partial charge is 0.264 e. The number of carbonyl (C=O) groups is 2. The number of fused-ring (bicyclic) bond motifs is 6. The third-order valence-electron chi connectivity index (χ3n) is 13.1. The maximum atomic E-state index is 14.4. The Morgan fingerprint density at radius 1 is 0.962 bits per heavy atom. The number of allylic oxidation sites excluding steroid dienone is 1. The summed E-state index contributed by atoms with van der Waals surface area (Å²) >= 11 is 0. The number of aromatic nitrogens is 3. The molecule has 2 saturated heterocycles. The molecule has 3 aliphatic heterocycles. The van der Waals surface area contributed by atoms with Crippen LogP contribution >= 0.6 is 0 Å². The molecule has 10 nitrogen and oxygen atoms in total. The normalized spacial score (nSPS) is 24.8. The predicted molar refractivity (Wildman–Crippen MR) is 200 cm³/mol. The van der Waals surface area contributed by atoms with E-state index in [-0.39, 0.29) is 11.9 Å². The number of hydrogen-bond donors (Lipinski definition) is 1. The van der Waals surface area contributed by atoms with E-state index in [1.165, 1.54) is 12.0 Å². The minimum absolute atomic E-state index is 0.0832. The van der Waals surface area contributed by atoms with Crippen LogP contribution in [0.5, 0.6) is 5.75 Å². The van der Waals surface area contributed by atoms with Crippen LogP contribution in [-0.2, 0) is 16.6 Å². The first-order valence-electron chi connectivity index (χ1n) is 19.1. The van der Waals surface area contributed by atoms with E-state index in [4.69, 9.17) is 9.84 Å². The maximum absolute atomic E-state index is 14.4. The summed E-state index contributed by atoms with van der Waals surface area (Å²) in [5.41, 5.74) is 8.20. The molecule has 4 saturated carbocycles. The minimum atomic E-state index is -3.82. The molecule has 11 heteroatoms. The van der Waals surface area contributed by atoms with Crippen LogP contribution in [0.3, 0.4) is 0 Å². The Morgan fingerprint density at radius 3 is 2.42 bits per heavy atom. The standard InChI is InChI=1S/C41H45N5O5S/c1-22(2)52(49,50)43-40(47)24-12-14-30-33(18-24)44-20-26(16-25-17-28(51-3)13-15-29(25)38(44)34(30)23-8-5-4-6-9-23)37-31(19-42-46(37)27-10-7-11-27)41(48)45-21-32-35-36(32)39(35)45/h12-19,22-23,27,32,35-36,39H,4-11,20-21H2,1-3H3,(H,43,47). The fourth-order valence-electron chi connectivity index (χ4n) is 9.89. The van der Waals surface area contributed by atoms with Gasteiger partial charge in [-0.25, -0.2) is 13.1 Å². The molecule has 2 unspecified atom stereocenters. The zero-order chi connectivity index (χ0) is 35.6. The summed E-state index contributed by atoms with van der Waals surface area (Å²) in [6.07, 6.45) is 12.9. The molecule has 5 heterocycles. The number of hydrogen-bond acceptors (Lipinski definition) is 6. The van der Waals surface area contributed by atoms with Crippen molar-refractivity contribution >= 4 is 44.4 Å². The van der Waals surface area contributed by atoms with E-state index in [1.807, 2.05) is 18.2 Å². The maximum Gasteiger partial charge on any atom is 0.264 e. The molecule has 1 N–H and O–H groups in total. The van der Waals surface area contributed by atoms with Crippen molar-refractivity contribution in [3.05, 3.63) is 70.5 Å². The van der Waals surface area contributed by atoms with Crippen molar-refractivity contribution in [3.63, 3.8) is 0 Å². The molecule has 270 valence electrons. The molecule has 2 aromatic heterocycles. The average Bonchev–Trinajstić information content (AvgIpc) is 3.75. The summed E-state index contributed by atoms with van der Waals surface area (Å²) in [5.74, 6) is 2.64. The molecule has 4 aliphatic carbocycles. The minimum Gasteiger partial charge on any atom is -0.497 e. The van der Waals surface area contributed by atoms with Crippen molar-refractivity contribution in [2.75, 3.05) is 13.7 Å². The lowest BCUT2D eigenvalue weighted by atomic mass is 9.81. The van der Waals surface area contributed by atoms with Crippen molar-refractivity contribution in [2.24, 2.45) is 17.8 Å². The van der Waals surface area contributed by atoms with Gasteiger partial charge in [0.25, 0.3) is 11.8 Å². The molecule has 2 bridgehead atoms. The molecule has 52 heavy (non-hydrogen) atoms. The number of piperidine rings is 1. The number of nitrogens with zero attached hydrogens (tertiary/aromatic N) is 4. The first kappa shape index (κ1) is 32.3. The van der Waals surface area contributed by atoms with Crippen LogP contribution in [0.2, 0.25) is 0 Å². The van der Waals surface area contributed by atoms with Gasteiger partial charge in [-0.3, -0.25) is 14.3 Å². The highest BCUT2D eigenvalue weighted by atomic mass is 32.2. The van der Waals surface area contributed by atoms with Crippen molar-refractivity contribution in [1.29, 1.82) is 0 Å². The third-order valence-corrected chi connectivity index (χ3v) is 14.8. The number of benzene rings is 2. The Bertz CT molecular complexity index is 2310. The monoisotopic (exact) mass is 719 g/mol. The van der Waals surface area contributed by atoms with Crippen LogP contribution < -0.4 is 9.46 Å². The van der Waals surface area contributed by atoms with Gasteiger partial charge in [-0.1, -0.05) is 25.3 Å². The molecule has 2 amide bonds. The Balaban J connectivity index is 1.18. The number of amides is 2. The van der Waals surface area contributed by atoms with Gasteiger partial charge in [0.1, 0.15) is 5.75 Å². The fraction of sp³-hybridized carbons (Fsp3) is 0.488. The topological polar surface area (TPSA) is 116 Å². The Morgan fingerprint density at radius 2 is 1.75 bits per heavy atom. The van der Waals surface area contributed by atoms with Crippen molar-refractivity contribution in [1.82, 2.24) is 24.0 Å². The SMILES string of the molecule is COc1ccc2c(c1)C=C(c1c(C(=O)N3CC4C5C4C53)cnn1C1CCC1)Cn1c-2c(C2CCCCC2)c2ccc(C(=O)NS(=O)(=O)C(C)C)cc21. The Kier molecular flexibility index (Phi) is 7.18. The highest BCUT2D eigenvalue weighted by molar-refractivity contribution is 7.90. The third kappa shape index (κ3) is 4.80. The molecule has 7 aliphatic rings. The van der Waals surface area contributed by atoms with E-state index in [1.54, 1.807) is 33.2 Å². The van der Waals surface area contributed by atoms with Crippen molar-refractivity contribution in [3.8, 4) is 17.0 Å². The summed E-state index contributed by atoms with van der Waals surface area (Å²) in [4.78, 5) is 30.0. The van der Waals surface area contributed by atoms with E-state index in [0.717, 1.165) is 96.2 Å². The molecule has 4 aromatic rings. The van der Waals surface area contributed by atoms with E-state index in [9.17, 15) is 18.0 Å². The molecule has 2 atom stereocenters. The van der Waals surface area contributed by atoms with Gasteiger partial charge in [0, 0.05) is 34.6 Å². The van der Waals surface area contributed by atoms with Gasteiger partial charge in [-0.05, 0) is 123 Å². The molecule has 11 rings (SSSR count). The largest absolute Gasteiger partial charge is 0.497 e. The van der Waals surface area contributed by atoms with Crippen molar-refractivity contribution in [2.45, 2.75) is 95.0 Å². The van der Waals surface area contributed by atoms with Crippen LogP contribution in [0.4, 0.5) is 0 Å². The predicted octanol–water partition coefficient (Wildman–Crippen LogP) is 7.01. The van der Waals surface area contributed by atoms with E-state index >= 15 is 0 Å². The van der Waals surface area contributed by atoms with E-state index in [2.05, 4.69) is 37.1 Å². The molecule has 2 aromatic carbocycles. The van der Waals surface area contributed by atoms with Gasteiger partial charge in [0.05, 0.1) is 48.1 Å². The van der Waals surface area contributed by atoms with Gasteiger partial charge in [0.15, 0.2) is 0 Å². The summed E-state index contributed by atoms with van der Waals surface area (Å²) in [5, 5.41) is 5.28. The van der Waals surface area contributed by atoms with Gasteiger partial charge in [-0.15, -0.1) is 0 Å². The second-order valence-corrected chi connectivity index (χ2v) is 18.5. The van der Waals surface area contributed by atoms with Gasteiger partial charge < -0.3 is 14.2 Å². The van der Waals surface area contributed by atoms with Crippen LogP contribution in [0.15, 0.2) is 42.6 Å². The Hall–Kier alpha value is -4.38. The zero-order valence-electron chi connectivity index (χ0n) is 30.0. The Labute approximate surface area is 304 Å². The average molecular weight is 720 g/mol. The van der Waals surface area contributed by atoms with Crippen LogP contribution in [0.1, 0.15) is 115 Å². The lowest BCUT2D eigenvalue weighted by Gasteiger charge is -2.29. The van der Waals surface area contributed by atoms with Gasteiger partial charge in [-0.2, -0.15) is 5.10 Å². The quantitative estimate of drug-likeness (QED) is 0.210. The number of methoxy groups -OCH3 is 1. The number of nitrogens with one attached hydrogen (secondary N) is 1. The van der Waals surface area contributed by atoms with Gasteiger partial charge >= 0.3 is 0 Å². The van der Waals surface area contributed by atoms with Crippen molar-refractivity contribution < 1.29 is 22.7 Å². The summed E-state index contributed by atoms with van der Waals surface area (Å²) in [6, 6.07) is 12.5. The summed E-state index contributed by atoms with van der Waals surface area (Å²) < 4.78 is 38.0. The molecule has 0 spiro atoms. The number of rotatable bonds is 8. The van der Waals surface area contributed by atoms with Crippen LogP contribution in [0, 0.1) is 17.8 Å². The number of ether oxygens (including phenoxy) is 1. The van der Waals surface area contributed by atoms with Crippen LogP contribution in [-0.4, -0.2) is 64.4 Å². The highest BCUT2D eigenvalue weighted by Gasteiger charge is 2.81. The first-order chi connectivity index (χ1) is 25.1.